The van der Waals surface area contributed by atoms with Crippen LogP contribution >= 0.6 is 11.6 Å². The number of nitrogens with zero attached hydrogens (tertiary/aromatic N) is 1. The monoisotopic (exact) mass is 393 g/mol. The Kier molecular flexibility index (Phi) is 5.25. The number of hydrogen-bond donors (Lipinski definition) is 0. The van der Waals surface area contributed by atoms with Gasteiger partial charge in [-0.3, -0.25) is 4.31 Å². The van der Waals surface area contributed by atoms with Gasteiger partial charge in [0, 0.05) is 5.02 Å². The maximum Gasteiger partial charge on any atom is 0.264 e. The minimum absolute atomic E-state index is 0.0506. The summed E-state index contributed by atoms with van der Waals surface area (Å²) in [6.45, 7) is -0.0506. The van der Waals surface area contributed by atoms with Gasteiger partial charge in [-0.25, -0.2) is 17.2 Å². The van der Waals surface area contributed by atoms with Crippen LogP contribution in [0.15, 0.2) is 77.7 Å². The molecule has 0 bridgehead atoms. The van der Waals surface area contributed by atoms with E-state index in [9.17, 15) is 17.2 Å². The molecule has 0 unspecified atom stereocenters. The molecule has 0 fully saturated rings. The lowest BCUT2D eigenvalue weighted by Crippen LogP contribution is -2.30. The van der Waals surface area contributed by atoms with Crippen LogP contribution in [-0.4, -0.2) is 8.42 Å². The number of rotatable bonds is 5. The van der Waals surface area contributed by atoms with Crippen LogP contribution < -0.4 is 4.31 Å². The molecule has 134 valence electrons. The highest BCUT2D eigenvalue weighted by Crippen LogP contribution is 2.28. The number of anilines is 1. The van der Waals surface area contributed by atoms with Crippen molar-refractivity contribution < 1.29 is 17.2 Å². The molecular formula is C19H14ClF2NO2S. The fourth-order valence-electron chi connectivity index (χ4n) is 2.44. The average Bonchev–Trinajstić information content (AvgIpc) is 2.62. The number of hydrogen-bond acceptors (Lipinski definition) is 2. The van der Waals surface area contributed by atoms with Crippen LogP contribution in [0.2, 0.25) is 5.02 Å². The summed E-state index contributed by atoms with van der Waals surface area (Å²) in [5.74, 6) is -1.02. The molecule has 0 amide bonds. The summed E-state index contributed by atoms with van der Waals surface area (Å²) in [5.41, 5.74) is 0.861. The highest BCUT2D eigenvalue weighted by Gasteiger charge is 2.26. The Labute approximate surface area is 155 Å². The SMILES string of the molecule is O=S(=O)(c1ccc(F)cc1)N(Cc1ccccc1Cl)c1ccc(F)cc1. The van der Waals surface area contributed by atoms with Crippen molar-refractivity contribution in [2.24, 2.45) is 0 Å². The van der Waals surface area contributed by atoms with Gasteiger partial charge in [-0.2, -0.15) is 0 Å². The third-order valence-electron chi connectivity index (χ3n) is 3.79. The second-order valence-corrected chi connectivity index (χ2v) is 7.80. The molecule has 0 aliphatic heterocycles. The molecule has 0 atom stereocenters. The molecule has 0 radical (unpaired) electrons. The van der Waals surface area contributed by atoms with Crippen molar-refractivity contribution in [1.29, 1.82) is 0 Å². The normalized spacial score (nSPS) is 11.3. The predicted octanol–water partition coefficient (Wildman–Crippen LogP) is 5.01. The minimum Gasteiger partial charge on any atom is -0.262 e. The van der Waals surface area contributed by atoms with Crippen LogP contribution in [0.3, 0.4) is 0 Å². The van der Waals surface area contributed by atoms with Gasteiger partial charge in [-0.05, 0) is 60.2 Å². The Morgan fingerprint density at radius 2 is 1.35 bits per heavy atom. The summed E-state index contributed by atoms with van der Waals surface area (Å²) >= 11 is 6.17. The molecule has 3 nitrogen and oxygen atoms in total. The molecule has 3 aromatic carbocycles. The zero-order valence-corrected chi connectivity index (χ0v) is 15.0. The molecule has 0 N–H and O–H groups in total. The molecule has 0 aliphatic rings. The lowest BCUT2D eigenvalue weighted by molar-refractivity contribution is 0.589. The van der Waals surface area contributed by atoms with Crippen LogP contribution in [0.25, 0.3) is 0 Å². The first-order chi connectivity index (χ1) is 12.4. The van der Waals surface area contributed by atoms with Gasteiger partial charge in [0.05, 0.1) is 17.1 Å². The maximum atomic E-state index is 13.3. The topological polar surface area (TPSA) is 37.4 Å². The highest BCUT2D eigenvalue weighted by atomic mass is 35.5. The van der Waals surface area contributed by atoms with Crippen LogP contribution in [-0.2, 0) is 16.6 Å². The van der Waals surface area contributed by atoms with Crippen molar-refractivity contribution in [3.8, 4) is 0 Å². The molecule has 0 spiro atoms. The second kappa shape index (κ2) is 7.43. The Bertz CT molecular complexity index is 1010. The second-order valence-electron chi connectivity index (χ2n) is 5.53. The van der Waals surface area contributed by atoms with E-state index in [2.05, 4.69) is 0 Å². The fourth-order valence-corrected chi connectivity index (χ4v) is 4.08. The summed E-state index contributed by atoms with van der Waals surface area (Å²) in [5, 5.41) is 0.411. The van der Waals surface area contributed by atoms with Gasteiger partial charge in [0.15, 0.2) is 0 Å². The van der Waals surface area contributed by atoms with Crippen LogP contribution in [0.4, 0.5) is 14.5 Å². The quantitative estimate of drug-likeness (QED) is 0.610. The lowest BCUT2D eigenvalue weighted by Gasteiger charge is -2.25. The van der Waals surface area contributed by atoms with Gasteiger partial charge in [0.2, 0.25) is 0 Å². The van der Waals surface area contributed by atoms with Crippen molar-refractivity contribution in [3.05, 3.63) is 95.0 Å². The van der Waals surface area contributed by atoms with E-state index in [1.165, 1.54) is 36.4 Å². The smallest absolute Gasteiger partial charge is 0.262 e. The molecule has 0 heterocycles. The number of benzene rings is 3. The van der Waals surface area contributed by atoms with Crippen molar-refractivity contribution in [2.75, 3.05) is 4.31 Å². The summed E-state index contributed by atoms with van der Waals surface area (Å²) in [7, 11) is -4.01. The van der Waals surface area contributed by atoms with E-state index < -0.39 is 21.7 Å². The Balaban J connectivity index is 2.09. The molecule has 0 aliphatic carbocycles. The van der Waals surface area contributed by atoms with Crippen LogP contribution in [0.1, 0.15) is 5.56 Å². The van der Waals surface area contributed by atoms with E-state index >= 15 is 0 Å². The molecule has 0 saturated carbocycles. The van der Waals surface area contributed by atoms with Crippen molar-refractivity contribution in [3.63, 3.8) is 0 Å². The zero-order valence-electron chi connectivity index (χ0n) is 13.4. The lowest BCUT2D eigenvalue weighted by atomic mass is 10.2. The van der Waals surface area contributed by atoms with Crippen molar-refractivity contribution >= 4 is 27.3 Å². The average molecular weight is 394 g/mol. The molecule has 3 rings (SSSR count). The molecule has 0 aromatic heterocycles. The predicted molar refractivity (Wildman–Crippen MR) is 97.6 cm³/mol. The summed E-state index contributed by atoms with van der Waals surface area (Å²) in [6, 6.07) is 16.5. The van der Waals surface area contributed by atoms with Crippen molar-refractivity contribution in [2.45, 2.75) is 11.4 Å². The third-order valence-corrected chi connectivity index (χ3v) is 5.94. The molecule has 7 heteroatoms. The Morgan fingerprint density at radius 1 is 0.808 bits per heavy atom. The van der Waals surface area contributed by atoms with Gasteiger partial charge in [-0.1, -0.05) is 29.8 Å². The van der Waals surface area contributed by atoms with E-state index in [1.54, 1.807) is 24.3 Å². The number of halogens is 3. The first kappa shape index (κ1) is 18.4. The zero-order chi connectivity index (χ0) is 18.7. The minimum atomic E-state index is -4.01. The van der Waals surface area contributed by atoms with Crippen molar-refractivity contribution in [1.82, 2.24) is 0 Å². The van der Waals surface area contributed by atoms with E-state index in [-0.39, 0.29) is 17.1 Å². The van der Waals surface area contributed by atoms with E-state index in [0.717, 1.165) is 16.4 Å². The van der Waals surface area contributed by atoms with Crippen LogP contribution in [0.5, 0.6) is 0 Å². The molecule has 0 saturated heterocycles. The first-order valence-electron chi connectivity index (χ1n) is 7.65. The maximum absolute atomic E-state index is 13.3. The Hall–Kier alpha value is -2.44. The number of sulfonamides is 1. The Morgan fingerprint density at radius 3 is 1.92 bits per heavy atom. The van der Waals surface area contributed by atoms with Crippen LogP contribution in [0, 0.1) is 11.6 Å². The summed E-state index contributed by atoms with van der Waals surface area (Å²) < 4.78 is 53.8. The highest BCUT2D eigenvalue weighted by molar-refractivity contribution is 7.92. The standard InChI is InChI=1S/C19H14ClF2NO2S/c20-19-4-2-1-3-14(19)13-23(17-9-5-15(21)6-10-17)26(24,25)18-11-7-16(22)8-12-18/h1-12H,13H2. The third kappa shape index (κ3) is 3.86. The van der Waals surface area contributed by atoms with Gasteiger partial charge in [-0.15, -0.1) is 0 Å². The largest absolute Gasteiger partial charge is 0.264 e. The van der Waals surface area contributed by atoms with Gasteiger partial charge in [0.25, 0.3) is 10.0 Å². The molecule has 26 heavy (non-hydrogen) atoms. The van der Waals surface area contributed by atoms with Gasteiger partial charge >= 0.3 is 0 Å². The summed E-state index contributed by atoms with van der Waals surface area (Å²) in [6.07, 6.45) is 0. The van der Waals surface area contributed by atoms with Gasteiger partial charge < -0.3 is 0 Å². The van der Waals surface area contributed by atoms with E-state index in [4.69, 9.17) is 11.6 Å². The summed E-state index contributed by atoms with van der Waals surface area (Å²) in [4.78, 5) is -0.0738. The van der Waals surface area contributed by atoms with Gasteiger partial charge in [0.1, 0.15) is 11.6 Å². The fraction of sp³-hybridized carbons (Fsp3) is 0.0526. The molecule has 3 aromatic rings. The first-order valence-corrected chi connectivity index (χ1v) is 9.47. The van der Waals surface area contributed by atoms with E-state index in [1.807, 2.05) is 0 Å². The van der Waals surface area contributed by atoms with E-state index in [0.29, 0.717) is 10.6 Å². The molecular weight excluding hydrogens is 380 g/mol.